The van der Waals surface area contributed by atoms with E-state index in [1.165, 1.54) is 0 Å². The Morgan fingerprint density at radius 1 is 0.943 bits per heavy atom. The van der Waals surface area contributed by atoms with Crippen molar-refractivity contribution in [3.8, 4) is 22.4 Å². The summed E-state index contributed by atoms with van der Waals surface area (Å²) < 4.78 is 10.7. The Labute approximate surface area is 202 Å². The minimum Gasteiger partial charge on any atom is -0.481 e. The largest absolute Gasteiger partial charge is 0.481 e. The SMILES string of the molecule is Cc1onc(-c2ccc(-c3ccc(C4(C(=O)O)CC4)cc3)cc2)c1NC(=O)OCc1ccccc1. The Morgan fingerprint density at radius 2 is 1.54 bits per heavy atom. The third kappa shape index (κ3) is 4.53. The summed E-state index contributed by atoms with van der Waals surface area (Å²) in [7, 11) is 0. The highest BCUT2D eigenvalue weighted by atomic mass is 16.5. The number of benzene rings is 3. The number of aryl methyl sites for hydroxylation is 1. The van der Waals surface area contributed by atoms with Gasteiger partial charge in [0.25, 0.3) is 0 Å². The number of carbonyl (C=O) groups excluding carboxylic acids is 1. The highest BCUT2D eigenvalue weighted by molar-refractivity contribution is 5.91. The maximum atomic E-state index is 12.4. The third-order valence-electron chi connectivity index (χ3n) is 6.39. The van der Waals surface area contributed by atoms with E-state index in [1.807, 2.05) is 78.9 Å². The zero-order valence-corrected chi connectivity index (χ0v) is 19.2. The first kappa shape index (κ1) is 22.4. The van der Waals surface area contributed by atoms with Crippen LogP contribution in [-0.2, 0) is 21.6 Å². The second-order valence-corrected chi connectivity index (χ2v) is 8.69. The van der Waals surface area contributed by atoms with E-state index >= 15 is 0 Å². The smallest absolute Gasteiger partial charge is 0.412 e. The summed E-state index contributed by atoms with van der Waals surface area (Å²) in [5.74, 6) is -0.283. The van der Waals surface area contributed by atoms with Gasteiger partial charge >= 0.3 is 12.1 Å². The molecule has 4 aromatic rings. The third-order valence-corrected chi connectivity index (χ3v) is 6.39. The van der Waals surface area contributed by atoms with Crippen molar-refractivity contribution in [2.75, 3.05) is 5.32 Å². The first-order valence-electron chi connectivity index (χ1n) is 11.3. The minimum absolute atomic E-state index is 0.160. The molecule has 7 nitrogen and oxygen atoms in total. The van der Waals surface area contributed by atoms with Gasteiger partial charge in [0.05, 0.1) is 5.41 Å². The van der Waals surface area contributed by atoms with Gasteiger partial charge in [-0.15, -0.1) is 0 Å². The van der Waals surface area contributed by atoms with Crippen LogP contribution in [0, 0.1) is 6.92 Å². The van der Waals surface area contributed by atoms with E-state index in [-0.39, 0.29) is 6.61 Å². The molecule has 0 bridgehead atoms. The van der Waals surface area contributed by atoms with Crippen LogP contribution in [0.15, 0.2) is 83.4 Å². The molecule has 7 heteroatoms. The summed E-state index contributed by atoms with van der Waals surface area (Å²) in [6.45, 7) is 1.89. The number of carboxylic acid groups (broad SMARTS) is 1. The van der Waals surface area contributed by atoms with Gasteiger partial charge in [-0.05, 0) is 42.0 Å². The van der Waals surface area contributed by atoms with Gasteiger partial charge in [-0.25, -0.2) is 4.79 Å². The molecule has 1 aliphatic carbocycles. The number of nitrogens with zero attached hydrogens (tertiary/aromatic N) is 1. The van der Waals surface area contributed by atoms with Crippen molar-refractivity contribution in [2.24, 2.45) is 0 Å². The molecule has 1 aromatic heterocycles. The molecular weight excluding hydrogens is 444 g/mol. The molecule has 1 aliphatic rings. The quantitative estimate of drug-likeness (QED) is 0.336. The first-order valence-corrected chi connectivity index (χ1v) is 11.3. The fraction of sp³-hybridized carbons (Fsp3) is 0.179. The number of rotatable bonds is 7. The summed E-state index contributed by atoms with van der Waals surface area (Å²) in [4.78, 5) is 23.9. The highest BCUT2D eigenvalue weighted by Crippen LogP contribution is 2.48. The molecule has 5 rings (SSSR count). The van der Waals surface area contributed by atoms with Crippen molar-refractivity contribution in [1.82, 2.24) is 5.16 Å². The number of hydrogen-bond acceptors (Lipinski definition) is 5. The van der Waals surface area contributed by atoms with Crippen LogP contribution in [0.1, 0.15) is 29.7 Å². The van der Waals surface area contributed by atoms with Crippen LogP contribution in [-0.4, -0.2) is 22.3 Å². The number of carbonyl (C=O) groups is 2. The Hall–Kier alpha value is -4.39. The highest BCUT2D eigenvalue weighted by Gasteiger charge is 2.51. The van der Waals surface area contributed by atoms with Crippen LogP contribution < -0.4 is 5.32 Å². The van der Waals surface area contributed by atoms with E-state index in [0.717, 1.165) is 27.8 Å². The maximum Gasteiger partial charge on any atom is 0.412 e. The molecule has 1 heterocycles. The number of carboxylic acids is 1. The van der Waals surface area contributed by atoms with Crippen molar-refractivity contribution >= 4 is 17.7 Å². The lowest BCUT2D eigenvalue weighted by Crippen LogP contribution is -2.19. The van der Waals surface area contributed by atoms with Crippen molar-refractivity contribution in [1.29, 1.82) is 0 Å². The Morgan fingerprint density at radius 3 is 2.14 bits per heavy atom. The predicted molar refractivity (Wildman–Crippen MR) is 131 cm³/mol. The van der Waals surface area contributed by atoms with Crippen molar-refractivity contribution in [2.45, 2.75) is 31.8 Å². The van der Waals surface area contributed by atoms with Crippen LogP contribution in [0.3, 0.4) is 0 Å². The molecule has 0 unspecified atom stereocenters. The standard InChI is InChI=1S/C28H24N2O5/c1-18-24(29-27(33)34-17-19-5-3-2-4-6-19)25(30-35-18)22-9-7-20(8-10-22)21-11-13-23(14-12-21)28(15-16-28)26(31)32/h2-14H,15-17H2,1H3,(H,29,33)(H,31,32). The van der Waals surface area contributed by atoms with E-state index in [1.54, 1.807) is 6.92 Å². The van der Waals surface area contributed by atoms with E-state index in [9.17, 15) is 14.7 Å². The maximum absolute atomic E-state index is 12.4. The topological polar surface area (TPSA) is 102 Å². The van der Waals surface area contributed by atoms with Crippen LogP contribution >= 0.6 is 0 Å². The van der Waals surface area contributed by atoms with Gasteiger partial charge in [0, 0.05) is 5.56 Å². The number of aromatic nitrogens is 1. The van der Waals surface area contributed by atoms with Gasteiger partial charge in [0.1, 0.15) is 18.0 Å². The monoisotopic (exact) mass is 468 g/mol. The molecule has 2 N–H and O–H groups in total. The summed E-state index contributed by atoms with van der Waals surface area (Å²) in [5, 5.41) is 16.4. The average molecular weight is 469 g/mol. The molecule has 35 heavy (non-hydrogen) atoms. The number of hydrogen-bond donors (Lipinski definition) is 2. The molecule has 0 saturated heterocycles. The van der Waals surface area contributed by atoms with Crippen LogP contribution in [0.5, 0.6) is 0 Å². The van der Waals surface area contributed by atoms with Crippen LogP contribution in [0.4, 0.5) is 10.5 Å². The Kier molecular flexibility index (Phi) is 5.82. The molecule has 1 saturated carbocycles. The predicted octanol–water partition coefficient (Wildman–Crippen LogP) is 6.18. The summed E-state index contributed by atoms with van der Waals surface area (Å²) in [5.41, 5.74) is 4.75. The van der Waals surface area contributed by atoms with Crippen LogP contribution in [0.2, 0.25) is 0 Å². The lowest BCUT2D eigenvalue weighted by atomic mass is 9.93. The minimum atomic E-state index is -0.758. The van der Waals surface area contributed by atoms with E-state index in [0.29, 0.717) is 30.0 Å². The number of aliphatic carboxylic acids is 1. The molecule has 3 aromatic carbocycles. The van der Waals surface area contributed by atoms with Crippen molar-refractivity contribution in [3.05, 3.63) is 95.7 Å². The van der Waals surface area contributed by atoms with Crippen molar-refractivity contribution < 1.29 is 24.0 Å². The lowest BCUT2D eigenvalue weighted by molar-refractivity contribution is -0.140. The van der Waals surface area contributed by atoms with Gasteiger partial charge in [-0.1, -0.05) is 84.0 Å². The lowest BCUT2D eigenvalue weighted by Gasteiger charge is -2.11. The van der Waals surface area contributed by atoms with E-state index < -0.39 is 17.5 Å². The number of nitrogens with one attached hydrogen (secondary N) is 1. The van der Waals surface area contributed by atoms with Crippen LogP contribution in [0.25, 0.3) is 22.4 Å². The normalized spacial score (nSPS) is 13.7. The number of ether oxygens (including phenoxy) is 1. The molecule has 0 radical (unpaired) electrons. The molecule has 176 valence electrons. The second kappa shape index (κ2) is 9.10. The van der Waals surface area contributed by atoms with E-state index in [4.69, 9.17) is 9.26 Å². The van der Waals surface area contributed by atoms with Gasteiger partial charge in [0.15, 0.2) is 5.76 Å². The zero-order chi connectivity index (χ0) is 24.4. The average Bonchev–Trinajstić information content (AvgIpc) is 3.63. The van der Waals surface area contributed by atoms with Gasteiger partial charge in [-0.3, -0.25) is 10.1 Å². The Bertz CT molecular complexity index is 1350. The first-order chi connectivity index (χ1) is 17.0. The molecular formula is C28H24N2O5. The van der Waals surface area contributed by atoms with Gasteiger partial charge in [-0.2, -0.15) is 0 Å². The zero-order valence-electron chi connectivity index (χ0n) is 19.2. The van der Waals surface area contributed by atoms with Crippen molar-refractivity contribution in [3.63, 3.8) is 0 Å². The molecule has 1 fully saturated rings. The number of amides is 1. The fourth-order valence-corrected chi connectivity index (χ4v) is 4.13. The molecule has 0 spiro atoms. The molecule has 1 amide bonds. The summed E-state index contributed by atoms with van der Waals surface area (Å²) >= 11 is 0. The van der Waals surface area contributed by atoms with E-state index in [2.05, 4.69) is 10.5 Å². The fourth-order valence-electron chi connectivity index (χ4n) is 4.13. The number of anilines is 1. The summed E-state index contributed by atoms with van der Waals surface area (Å²) in [6.07, 6.45) is 0.778. The Balaban J connectivity index is 1.29. The molecule has 0 aliphatic heterocycles. The second-order valence-electron chi connectivity index (χ2n) is 8.69. The van der Waals surface area contributed by atoms with Gasteiger partial charge in [0.2, 0.25) is 0 Å². The molecule has 0 atom stereocenters. The van der Waals surface area contributed by atoms with Gasteiger partial charge < -0.3 is 14.4 Å². The summed E-state index contributed by atoms with van der Waals surface area (Å²) in [6, 6.07) is 24.8.